The first-order chi connectivity index (χ1) is 14.4. The van der Waals surface area contributed by atoms with Crippen LogP contribution in [0, 0.1) is 0 Å². The fourth-order valence-electron chi connectivity index (χ4n) is 3.05. The average Bonchev–Trinajstić information content (AvgIpc) is 3.12. The van der Waals surface area contributed by atoms with E-state index in [0.29, 0.717) is 0 Å². The minimum Gasteiger partial charge on any atom is -0.495 e. The first kappa shape index (κ1) is 24.7. The van der Waals surface area contributed by atoms with E-state index in [-0.39, 0.29) is 41.7 Å². The van der Waals surface area contributed by atoms with Crippen molar-refractivity contribution in [2.75, 3.05) is 27.2 Å². The molecule has 0 N–H and O–H groups in total. The van der Waals surface area contributed by atoms with Gasteiger partial charge in [0.15, 0.2) is 0 Å². The van der Waals surface area contributed by atoms with E-state index in [0.717, 1.165) is 4.57 Å². The van der Waals surface area contributed by atoms with Gasteiger partial charge >= 0.3 is 6.18 Å². The third kappa shape index (κ3) is 5.76. The third-order valence-corrected chi connectivity index (χ3v) is 6.68. The van der Waals surface area contributed by atoms with Crippen LogP contribution >= 0.6 is 0 Å². The SMILES string of the molecule is CCN(CC)S(=O)(=O)c1cc(C(=O)N(C)Cc2nccn2CC(F)(F)F)ccc1OC. The summed E-state index contributed by atoms with van der Waals surface area (Å²) in [7, 11) is -1.18. The van der Waals surface area contributed by atoms with Crippen molar-refractivity contribution in [3.63, 3.8) is 0 Å². The normalized spacial score (nSPS) is 12.3. The van der Waals surface area contributed by atoms with Crippen LogP contribution in [-0.2, 0) is 23.1 Å². The number of carbonyl (C=O) groups is 1. The van der Waals surface area contributed by atoms with Crippen molar-refractivity contribution in [2.24, 2.45) is 0 Å². The Hall–Kier alpha value is -2.60. The Morgan fingerprint density at radius 1 is 1.23 bits per heavy atom. The number of imidazole rings is 1. The number of aromatic nitrogens is 2. The van der Waals surface area contributed by atoms with Crippen molar-refractivity contribution in [1.82, 2.24) is 18.8 Å². The number of hydrogen-bond donors (Lipinski definition) is 0. The lowest BCUT2D eigenvalue weighted by Gasteiger charge is -2.22. The van der Waals surface area contributed by atoms with Gasteiger partial charge in [-0.3, -0.25) is 4.79 Å². The van der Waals surface area contributed by atoms with Gasteiger partial charge in [-0.15, -0.1) is 0 Å². The second kappa shape index (κ2) is 9.69. The molecule has 0 spiro atoms. The molecule has 0 unspecified atom stereocenters. The molecular weight excluding hydrogens is 437 g/mol. The Kier molecular flexibility index (Phi) is 7.71. The van der Waals surface area contributed by atoms with Crippen molar-refractivity contribution in [3.8, 4) is 5.75 Å². The smallest absolute Gasteiger partial charge is 0.406 e. The number of halogens is 3. The van der Waals surface area contributed by atoms with Gasteiger partial charge < -0.3 is 14.2 Å². The number of hydrogen-bond acceptors (Lipinski definition) is 5. The van der Waals surface area contributed by atoms with Crippen molar-refractivity contribution in [3.05, 3.63) is 42.0 Å². The summed E-state index contributed by atoms with van der Waals surface area (Å²) < 4.78 is 71.3. The number of amides is 1. The fourth-order valence-corrected chi connectivity index (χ4v) is 4.69. The van der Waals surface area contributed by atoms with Crippen LogP contribution in [0.4, 0.5) is 13.2 Å². The maximum atomic E-state index is 13.0. The van der Waals surface area contributed by atoms with Gasteiger partial charge in [-0.25, -0.2) is 13.4 Å². The number of alkyl halides is 3. The molecule has 2 rings (SSSR count). The van der Waals surface area contributed by atoms with Crippen LogP contribution in [0.1, 0.15) is 30.0 Å². The predicted octanol–water partition coefficient (Wildman–Crippen LogP) is 2.76. The molecule has 0 aliphatic heterocycles. The highest BCUT2D eigenvalue weighted by Crippen LogP contribution is 2.28. The summed E-state index contributed by atoms with van der Waals surface area (Å²) in [5, 5.41) is 0. The molecule has 0 saturated heterocycles. The van der Waals surface area contributed by atoms with Gasteiger partial charge in [-0.2, -0.15) is 17.5 Å². The largest absolute Gasteiger partial charge is 0.495 e. The van der Waals surface area contributed by atoms with E-state index >= 15 is 0 Å². The molecule has 1 heterocycles. The molecule has 0 atom stereocenters. The fraction of sp³-hybridized carbons (Fsp3) is 0.474. The topological polar surface area (TPSA) is 84.7 Å². The Balaban J connectivity index is 2.33. The molecule has 1 aromatic heterocycles. The van der Waals surface area contributed by atoms with E-state index in [9.17, 15) is 26.4 Å². The lowest BCUT2D eigenvalue weighted by atomic mass is 10.2. The second-order valence-electron chi connectivity index (χ2n) is 6.70. The summed E-state index contributed by atoms with van der Waals surface area (Å²) >= 11 is 0. The number of sulfonamides is 1. The lowest BCUT2D eigenvalue weighted by Crippen LogP contribution is -2.32. The summed E-state index contributed by atoms with van der Waals surface area (Å²) in [4.78, 5) is 17.8. The molecule has 2 aromatic rings. The molecule has 1 aromatic carbocycles. The van der Waals surface area contributed by atoms with Crippen LogP contribution < -0.4 is 4.74 Å². The Bertz CT molecular complexity index is 1020. The van der Waals surface area contributed by atoms with Gasteiger partial charge in [-0.05, 0) is 18.2 Å². The van der Waals surface area contributed by atoms with Crippen LogP contribution in [-0.4, -0.2) is 66.5 Å². The summed E-state index contributed by atoms with van der Waals surface area (Å²) in [5.41, 5.74) is 0.0583. The molecule has 0 radical (unpaired) electrons. The Labute approximate surface area is 179 Å². The van der Waals surface area contributed by atoms with Crippen molar-refractivity contribution in [1.29, 1.82) is 0 Å². The van der Waals surface area contributed by atoms with Gasteiger partial charge in [0, 0.05) is 38.1 Å². The highest BCUT2D eigenvalue weighted by Gasteiger charge is 2.30. The van der Waals surface area contributed by atoms with Crippen LogP contribution in [0.3, 0.4) is 0 Å². The zero-order valence-electron chi connectivity index (χ0n) is 17.7. The quantitative estimate of drug-likeness (QED) is 0.572. The van der Waals surface area contributed by atoms with Crippen molar-refractivity contribution < 1.29 is 31.1 Å². The van der Waals surface area contributed by atoms with E-state index in [1.54, 1.807) is 13.8 Å². The van der Waals surface area contributed by atoms with E-state index in [1.807, 2.05) is 0 Å². The zero-order chi connectivity index (χ0) is 23.4. The number of carbonyl (C=O) groups excluding carboxylic acids is 1. The van der Waals surface area contributed by atoms with Crippen LogP contribution in [0.25, 0.3) is 0 Å². The highest BCUT2D eigenvalue weighted by atomic mass is 32.2. The van der Waals surface area contributed by atoms with Crippen molar-refractivity contribution >= 4 is 15.9 Å². The monoisotopic (exact) mass is 462 g/mol. The molecule has 12 heteroatoms. The van der Waals surface area contributed by atoms with E-state index in [4.69, 9.17) is 4.74 Å². The van der Waals surface area contributed by atoms with E-state index in [1.165, 1.54) is 54.0 Å². The van der Waals surface area contributed by atoms with Gasteiger partial charge in [0.05, 0.1) is 13.7 Å². The Morgan fingerprint density at radius 3 is 2.42 bits per heavy atom. The first-order valence-corrected chi connectivity index (χ1v) is 10.9. The lowest BCUT2D eigenvalue weighted by molar-refractivity contribution is -0.141. The summed E-state index contributed by atoms with van der Waals surface area (Å²) in [6.45, 7) is 2.45. The zero-order valence-corrected chi connectivity index (χ0v) is 18.5. The molecule has 0 aliphatic rings. The van der Waals surface area contributed by atoms with Gasteiger partial charge in [0.25, 0.3) is 5.91 Å². The number of benzene rings is 1. The van der Waals surface area contributed by atoms with E-state index < -0.39 is 28.7 Å². The molecule has 0 aliphatic carbocycles. The maximum Gasteiger partial charge on any atom is 0.406 e. The summed E-state index contributed by atoms with van der Waals surface area (Å²) in [5.74, 6) is -0.426. The van der Waals surface area contributed by atoms with Gasteiger partial charge in [0.1, 0.15) is 23.0 Å². The number of methoxy groups -OCH3 is 1. The number of nitrogens with zero attached hydrogens (tertiary/aromatic N) is 4. The number of ether oxygens (including phenoxy) is 1. The molecule has 1 amide bonds. The molecule has 0 saturated carbocycles. The molecular formula is C19H25F3N4O4S. The van der Waals surface area contributed by atoms with Crippen LogP contribution in [0.15, 0.2) is 35.5 Å². The van der Waals surface area contributed by atoms with Gasteiger partial charge in [0.2, 0.25) is 10.0 Å². The molecule has 31 heavy (non-hydrogen) atoms. The third-order valence-electron chi connectivity index (χ3n) is 4.61. The van der Waals surface area contributed by atoms with Crippen LogP contribution in [0.2, 0.25) is 0 Å². The first-order valence-electron chi connectivity index (χ1n) is 9.45. The molecule has 172 valence electrons. The molecule has 0 fully saturated rings. The maximum absolute atomic E-state index is 13.0. The van der Waals surface area contributed by atoms with Crippen LogP contribution in [0.5, 0.6) is 5.75 Å². The predicted molar refractivity (Wildman–Crippen MR) is 107 cm³/mol. The molecule has 0 bridgehead atoms. The summed E-state index contributed by atoms with van der Waals surface area (Å²) in [6.07, 6.45) is -2.02. The van der Waals surface area contributed by atoms with E-state index in [2.05, 4.69) is 4.98 Å². The second-order valence-corrected chi connectivity index (χ2v) is 8.61. The minimum absolute atomic E-state index is 0.0534. The standard InChI is InChI=1S/C19H25F3N4O4S/c1-5-26(6-2)31(28,29)16-11-14(7-8-15(16)30-4)18(27)24(3)12-17-23-9-10-25(17)13-19(20,21)22/h7-11H,5-6,12-13H2,1-4H3. The average molecular weight is 462 g/mol. The molecule has 8 nitrogen and oxygen atoms in total. The Morgan fingerprint density at radius 2 is 1.87 bits per heavy atom. The van der Waals surface area contributed by atoms with Crippen molar-refractivity contribution in [2.45, 2.75) is 38.0 Å². The summed E-state index contributed by atoms with van der Waals surface area (Å²) in [6, 6.07) is 4.00. The minimum atomic E-state index is -4.43. The highest BCUT2D eigenvalue weighted by molar-refractivity contribution is 7.89. The van der Waals surface area contributed by atoms with Gasteiger partial charge in [-0.1, -0.05) is 13.8 Å². The number of rotatable bonds is 9.